The van der Waals surface area contributed by atoms with Crippen LogP contribution in [0.1, 0.15) is 12.0 Å². The molecule has 33 heavy (non-hydrogen) atoms. The van der Waals surface area contributed by atoms with E-state index < -0.39 is 5.60 Å². The minimum Gasteiger partial charge on any atom is -0.494 e. The van der Waals surface area contributed by atoms with Crippen molar-refractivity contribution in [2.24, 2.45) is 0 Å². The fraction of sp³-hybridized carbons (Fsp3) is 0.400. The third-order valence-corrected chi connectivity index (χ3v) is 5.71. The summed E-state index contributed by atoms with van der Waals surface area (Å²) in [6.07, 6.45) is 6.45. The second kappa shape index (κ2) is 11.5. The maximum Gasteiger partial charge on any atom is 0.134 e. The second-order valence-electron chi connectivity index (χ2n) is 8.38. The van der Waals surface area contributed by atoms with Crippen molar-refractivity contribution < 1.29 is 19.3 Å². The highest BCUT2D eigenvalue weighted by Gasteiger charge is 2.33. The maximum atomic E-state index is 11.1. The van der Waals surface area contributed by atoms with Crippen molar-refractivity contribution in [2.75, 3.05) is 39.5 Å². The normalized spacial score (nSPS) is 19.2. The fourth-order valence-electron chi connectivity index (χ4n) is 3.82. The Balaban J connectivity index is 1.28. The summed E-state index contributed by atoms with van der Waals surface area (Å²) in [5.41, 5.74) is 0.0300. The lowest BCUT2D eigenvalue weighted by molar-refractivity contribution is -0.0646. The Labute approximate surface area is 199 Å². The summed E-state index contributed by atoms with van der Waals surface area (Å²) >= 11 is 5.93. The number of aryl methyl sites for hydroxylation is 1. The number of benzene rings is 2. The van der Waals surface area contributed by atoms with E-state index in [0.29, 0.717) is 37.1 Å². The molecule has 0 radical (unpaired) electrons. The number of rotatable bonds is 10. The predicted molar refractivity (Wildman–Crippen MR) is 127 cm³/mol. The van der Waals surface area contributed by atoms with Gasteiger partial charge < -0.3 is 23.9 Å². The average molecular weight is 472 g/mol. The molecule has 0 amide bonds. The molecule has 3 aromatic rings. The van der Waals surface area contributed by atoms with Gasteiger partial charge in [-0.25, -0.2) is 4.98 Å². The third kappa shape index (κ3) is 7.47. The minimum atomic E-state index is -1.10. The molecule has 0 saturated carbocycles. The summed E-state index contributed by atoms with van der Waals surface area (Å²) in [4.78, 5) is 6.24. The van der Waals surface area contributed by atoms with Crippen LogP contribution in [0.15, 0.2) is 67.3 Å². The van der Waals surface area contributed by atoms with Crippen molar-refractivity contribution in [3.63, 3.8) is 0 Å². The minimum absolute atomic E-state index is 0.144. The van der Waals surface area contributed by atoms with Crippen LogP contribution in [0.3, 0.4) is 0 Å². The lowest BCUT2D eigenvalue weighted by Gasteiger charge is -2.30. The molecule has 0 bridgehead atoms. The first-order chi connectivity index (χ1) is 16.1. The number of aliphatic hydroxyl groups is 1. The quantitative estimate of drug-likeness (QED) is 0.455. The molecule has 2 aromatic carbocycles. The fourth-order valence-corrected chi connectivity index (χ4v) is 3.94. The van der Waals surface area contributed by atoms with Crippen LogP contribution >= 0.6 is 11.6 Å². The zero-order valence-corrected chi connectivity index (χ0v) is 19.4. The Bertz CT molecular complexity index is 984. The van der Waals surface area contributed by atoms with Crippen LogP contribution in [-0.2, 0) is 17.8 Å². The van der Waals surface area contributed by atoms with E-state index in [0.717, 1.165) is 30.8 Å². The number of halogens is 1. The van der Waals surface area contributed by atoms with Crippen LogP contribution < -0.4 is 9.47 Å². The van der Waals surface area contributed by atoms with Crippen LogP contribution in [-0.4, -0.2) is 64.7 Å². The number of imidazole rings is 1. The molecule has 0 aliphatic carbocycles. The molecule has 1 aliphatic rings. The van der Waals surface area contributed by atoms with Gasteiger partial charge in [-0.3, -0.25) is 4.90 Å². The van der Waals surface area contributed by atoms with Gasteiger partial charge in [0.25, 0.3) is 0 Å². The SMILES string of the molecule is O[C@]1(COc2ccc(Cl)cc2)COCCN(Cc2cccc(OCCCn3ccnc3)c2)C1. The lowest BCUT2D eigenvalue weighted by Crippen LogP contribution is -2.48. The largest absolute Gasteiger partial charge is 0.494 e. The zero-order valence-electron chi connectivity index (χ0n) is 18.6. The van der Waals surface area contributed by atoms with Gasteiger partial charge >= 0.3 is 0 Å². The molecule has 8 heteroatoms. The van der Waals surface area contributed by atoms with Crippen molar-refractivity contribution in [1.82, 2.24) is 14.5 Å². The topological polar surface area (TPSA) is 69.0 Å². The summed E-state index contributed by atoms with van der Waals surface area (Å²) in [6, 6.07) is 15.2. The van der Waals surface area contributed by atoms with Crippen LogP contribution in [0.2, 0.25) is 5.02 Å². The predicted octanol–water partition coefficient (Wildman–Crippen LogP) is 3.65. The molecule has 2 heterocycles. The zero-order chi connectivity index (χ0) is 22.9. The first-order valence-electron chi connectivity index (χ1n) is 11.2. The van der Waals surface area contributed by atoms with Crippen molar-refractivity contribution >= 4 is 11.6 Å². The molecule has 1 aromatic heterocycles. The molecule has 1 N–H and O–H groups in total. The van der Waals surface area contributed by atoms with Crippen LogP contribution in [0.5, 0.6) is 11.5 Å². The number of hydrogen-bond donors (Lipinski definition) is 1. The summed E-state index contributed by atoms with van der Waals surface area (Å²) in [5.74, 6) is 1.52. The first-order valence-corrected chi connectivity index (χ1v) is 11.5. The number of aromatic nitrogens is 2. The standard InChI is InChI=1S/C25H30ClN3O4/c26-22-5-7-23(8-6-22)33-19-25(30)17-29(12-14-31-18-25)16-21-3-1-4-24(15-21)32-13-2-10-28-11-9-27-20-28/h1,3-9,11,15,20,30H,2,10,12-14,16-19H2/t25-/m0/s1. The van der Waals surface area contributed by atoms with Gasteiger partial charge in [0, 0.05) is 43.6 Å². The molecule has 1 atom stereocenters. The van der Waals surface area contributed by atoms with Gasteiger partial charge in [0.15, 0.2) is 0 Å². The molecule has 176 valence electrons. The van der Waals surface area contributed by atoms with E-state index in [9.17, 15) is 5.11 Å². The van der Waals surface area contributed by atoms with Crippen LogP contribution in [0.25, 0.3) is 0 Å². The van der Waals surface area contributed by atoms with E-state index in [1.807, 2.05) is 29.2 Å². The molecule has 0 spiro atoms. The van der Waals surface area contributed by atoms with Gasteiger partial charge in [-0.15, -0.1) is 0 Å². The Hall–Kier alpha value is -2.58. The van der Waals surface area contributed by atoms with E-state index in [-0.39, 0.29) is 13.2 Å². The summed E-state index contributed by atoms with van der Waals surface area (Å²) < 4.78 is 19.5. The highest BCUT2D eigenvalue weighted by molar-refractivity contribution is 6.30. The highest BCUT2D eigenvalue weighted by Crippen LogP contribution is 2.21. The van der Waals surface area contributed by atoms with E-state index >= 15 is 0 Å². The molecule has 0 unspecified atom stereocenters. The van der Waals surface area contributed by atoms with Gasteiger partial charge in [-0.1, -0.05) is 23.7 Å². The van der Waals surface area contributed by atoms with Crippen molar-refractivity contribution in [2.45, 2.75) is 25.1 Å². The van der Waals surface area contributed by atoms with Crippen LogP contribution in [0.4, 0.5) is 0 Å². The lowest BCUT2D eigenvalue weighted by atomic mass is 10.1. The highest BCUT2D eigenvalue weighted by atomic mass is 35.5. The Morgan fingerprint density at radius 3 is 2.82 bits per heavy atom. The maximum absolute atomic E-state index is 11.1. The van der Waals surface area contributed by atoms with Crippen molar-refractivity contribution in [1.29, 1.82) is 0 Å². The summed E-state index contributed by atoms with van der Waals surface area (Å²) in [5, 5.41) is 11.8. The van der Waals surface area contributed by atoms with Gasteiger partial charge in [0.05, 0.1) is 26.1 Å². The number of hydrogen-bond acceptors (Lipinski definition) is 6. The molecular formula is C25H30ClN3O4. The van der Waals surface area contributed by atoms with Crippen molar-refractivity contribution in [3.05, 3.63) is 77.8 Å². The molecular weight excluding hydrogens is 442 g/mol. The number of nitrogens with zero attached hydrogens (tertiary/aromatic N) is 3. The second-order valence-corrected chi connectivity index (χ2v) is 8.82. The number of ether oxygens (including phenoxy) is 3. The van der Waals surface area contributed by atoms with E-state index in [1.54, 1.807) is 30.5 Å². The van der Waals surface area contributed by atoms with Gasteiger partial charge in [-0.05, 0) is 48.4 Å². The Morgan fingerprint density at radius 1 is 1.12 bits per heavy atom. The summed E-state index contributed by atoms with van der Waals surface area (Å²) in [7, 11) is 0. The molecule has 4 rings (SSSR count). The Kier molecular flexibility index (Phi) is 8.23. The number of β-amino-alcohol motifs (C(OH)–C–C–N with tert-alkyl or cyclic N) is 1. The molecule has 1 saturated heterocycles. The van der Waals surface area contributed by atoms with Crippen LogP contribution in [0, 0.1) is 0 Å². The van der Waals surface area contributed by atoms with E-state index in [4.69, 9.17) is 25.8 Å². The first kappa shape index (κ1) is 23.6. The smallest absolute Gasteiger partial charge is 0.134 e. The average Bonchev–Trinajstić information content (AvgIpc) is 3.26. The van der Waals surface area contributed by atoms with Gasteiger partial charge in [-0.2, -0.15) is 0 Å². The summed E-state index contributed by atoms with van der Waals surface area (Å²) in [6.45, 7) is 4.34. The van der Waals surface area contributed by atoms with Gasteiger partial charge in [0.1, 0.15) is 23.7 Å². The molecule has 7 nitrogen and oxygen atoms in total. The van der Waals surface area contributed by atoms with Crippen molar-refractivity contribution in [3.8, 4) is 11.5 Å². The van der Waals surface area contributed by atoms with Gasteiger partial charge in [0.2, 0.25) is 0 Å². The third-order valence-electron chi connectivity index (χ3n) is 5.45. The molecule has 1 fully saturated rings. The Morgan fingerprint density at radius 2 is 2.00 bits per heavy atom. The van der Waals surface area contributed by atoms with E-state index in [1.165, 1.54) is 0 Å². The monoisotopic (exact) mass is 471 g/mol. The molecule has 1 aliphatic heterocycles. The van der Waals surface area contributed by atoms with E-state index in [2.05, 4.69) is 22.0 Å².